The van der Waals surface area contributed by atoms with Crippen molar-refractivity contribution in [1.29, 1.82) is 0 Å². The number of nitrogens with zero attached hydrogens (tertiary/aromatic N) is 4. The first-order valence-electron chi connectivity index (χ1n) is 8.57. The van der Waals surface area contributed by atoms with E-state index in [-0.39, 0.29) is 11.0 Å². The van der Waals surface area contributed by atoms with Gasteiger partial charge in [-0.3, -0.25) is 9.69 Å². The molecule has 130 valence electrons. The van der Waals surface area contributed by atoms with E-state index in [4.69, 9.17) is 4.52 Å². The van der Waals surface area contributed by atoms with Crippen molar-refractivity contribution >= 4 is 0 Å². The van der Waals surface area contributed by atoms with Crippen molar-refractivity contribution in [3.05, 3.63) is 45.7 Å². The number of rotatable bonds is 4. The van der Waals surface area contributed by atoms with E-state index in [1.165, 1.54) is 0 Å². The van der Waals surface area contributed by atoms with E-state index in [0.29, 0.717) is 12.6 Å². The van der Waals surface area contributed by atoms with E-state index in [2.05, 4.69) is 35.9 Å². The van der Waals surface area contributed by atoms with E-state index in [9.17, 15) is 4.79 Å². The molecule has 0 N–H and O–H groups in total. The van der Waals surface area contributed by atoms with Gasteiger partial charge < -0.3 is 4.52 Å². The molecule has 0 aromatic carbocycles. The van der Waals surface area contributed by atoms with Crippen LogP contribution < -0.4 is 5.56 Å². The molecule has 1 unspecified atom stereocenters. The second-order valence-corrected chi connectivity index (χ2v) is 7.66. The predicted molar refractivity (Wildman–Crippen MR) is 91.9 cm³/mol. The van der Waals surface area contributed by atoms with E-state index in [0.717, 1.165) is 42.9 Å². The smallest absolute Gasteiger partial charge is 0.266 e. The van der Waals surface area contributed by atoms with Crippen LogP contribution in [0.15, 0.2) is 27.6 Å². The summed E-state index contributed by atoms with van der Waals surface area (Å²) < 4.78 is 6.79. The number of hydrogen-bond acceptors (Lipinski definition) is 5. The zero-order valence-corrected chi connectivity index (χ0v) is 15.0. The van der Waals surface area contributed by atoms with Gasteiger partial charge in [-0.1, -0.05) is 25.9 Å². The highest BCUT2D eigenvalue weighted by Gasteiger charge is 2.27. The summed E-state index contributed by atoms with van der Waals surface area (Å²) in [7, 11) is 0. The Morgan fingerprint density at radius 3 is 2.79 bits per heavy atom. The second kappa shape index (κ2) is 6.51. The zero-order valence-electron chi connectivity index (χ0n) is 15.0. The van der Waals surface area contributed by atoms with Crippen molar-refractivity contribution in [3.63, 3.8) is 0 Å². The Labute approximate surface area is 142 Å². The van der Waals surface area contributed by atoms with Crippen molar-refractivity contribution in [3.8, 4) is 0 Å². The van der Waals surface area contributed by atoms with Crippen LogP contribution in [-0.2, 0) is 18.5 Å². The third-order valence-corrected chi connectivity index (χ3v) is 4.74. The monoisotopic (exact) mass is 330 g/mol. The fourth-order valence-electron chi connectivity index (χ4n) is 3.18. The molecule has 1 aliphatic rings. The molecular weight excluding hydrogens is 304 g/mol. The Balaban J connectivity index is 1.77. The van der Waals surface area contributed by atoms with Crippen LogP contribution in [0.2, 0.25) is 0 Å². The third kappa shape index (κ3) is 3.59. The molecule has 0 aliphatic carbocycles. The first-order chi connectivity index (χ1) is 11.3. The van der Waals surface area contributed by atoms with Gasteiger partial charge >= 0.3 is 0 Å². The molecule has 24 heavy (non-hydrogen) atoms. The predicted octanol–water partition coefficient (Wildman–Crippen LogP) is 2.50. The van der Waals surface area contributed by atoms with Gasteiger partial charge in [-0.15, -0.1) is 0 Å². The van der Waals surface area contributed by atoms with E-state index >= 15 is 0 Å². The molecule has 2 aromatic rings. The van der Waals surface area contributed by atoms with E-state index in [1.807, 2.05) is 13.0 Å². The first-order valence-corrected chi connectivity index (χ1v) is 8.57. The van der Waals surface area contributed by atoms with Crippen molar-refractivity contribution in [2.24, 2.45) is 0 Å². The van der Waals surface area contributed by atoms with Crippen LogP contribution in [0.25, 0.3) is 0 Å². The summed E-state index contributed by atoms with van der Waals surface area (Å²) in [6, 6.07) is 3.79. The molecular formula is C18H26N4O2. The number of hydrogen-bond donors (Lipinski definition) is 0. The highest BCUT2D eigenvalue weighted by Crippen LogP contribution is 2.23. The van der Waals surface area contributed by atoms with Gasteiger partial charge in [0.25, 0.3) is 5.56 Å². The highest BCUT2D eigenvalue weighted by atomic mass is 16.5. The Morgan fingerprint density at radius 2 is 2.12 bits per heavy atom. The van der Waals surface area contributed by atoms with Crippen LogP contribution in [0.3, 0.4) is 0 Å². The van der Waals surface area contributed by atoms with Gasteiger partial charge in [-0.05, 0) is 32.4 Å². The Kier molecular flexibility index (Phi) is 4.58. The summed E-state index contributed by atoms with van der Waals surface area (Å²) in [5.74, 6) is 0.866. The lowest BCUT2D eigenvalue weighted by atomic mass is 9.92. The molecule has 1 fully saturated rings. The lowest BCUT2D eigenvalue weighted by molar-refractivity contribution is 0.214. The van der Waals surface area contributed by atoms with Gasteiger partial charge in [0.2, 0.25) is 0 Å². The fourth-order valence-corrected chi connectivity index (χ4v) is 3.18. The number of likely N-dealkylation sites (tertiary alicyclic amines) is 1. The van der Waals surface area contributed by atoms with Crippen LogP contribution in [-0.4, -0.2) is 32.4 Å². The van der Waals surface area contributed by atoms with Crippen molar-refractivity contribution in [1.82, 2.24) is 19.8 Å². The lowest BCUT2D eigenvalue weighted by Gasteiger charge is -2.25. The molecule has 3 heterocycles. The number of aryl methyl sites for hydroxylation is 1. The lowest BCUT2D eigenvalue weighted by Crippen LogP contribution is -2.37. The summed E-state index contributed by atoms with van der Waals surface area (Å²) >= 11 is 0. The maximum Gasteiger partial charge on any atom is 0.266 e. The Morgan fingerprint density at radius 1 is 1.33 bits per heavy atom. The van der Waals surface area contributed by atoms with Crippen LogP contribution >= 0.6 is 0 Å². The SMILES string of the molecule is Cc1oncc1CN1CCCC1Cn1nc(C(C)(C)C)ccc1=O. The Bertz CT molecular complexity index is 757. The van der Waals surface area contributed by atoms with Crippen LogP contribution in [0.5, 0.6) is 0 Å². The second-order valence-electron chi connectivity index (χ2n) is 7.66. The van der Waals surface area contributed by atoms with Crippen molar-refractivity contribution in [2.45, 2.75) is 65.1 Å². The molecule has 1 aliphatic heterocycles. The van der Waals surface area contributed by atoms with Crippen molar-refractivity contribution in [2.75, 3.05) is 6.54 Å². The summed E-state index contributed by atoms with van der Waals surface area (Å²) in [4.78, 5) is 14.6. The van der Waals surface area contributed by atoms with Crippen LogP contribution in [0, 0.1) is 6.92 Å². The zero-order chi connectivity index (χ0) is 17.3. The van der Waals surface area contributed by atoms with Crippen LogP contribution in [0.1, 0.15) is 50.6 Å². The maximum atomic E-state index is 12.2. The Hall–Kier alpha value is -1.95. The van der Waals surface area contributed by atoms with Gasteiger partial charge in [0, 0.05) is 29.6 Å². The quantitative estimate of drug-likeness (QED) is 0.862. The maximum absolute atomic E-state index is 12.2. The van der Waals surface area contributed by atoms with Crippen molar-refractivity contribution < 1.29 is 4.52 Å². The topological polar surface area (TPSA) is 64.2 Å². The van der Waals surface area contributed by atoms with E-state index < -0.39 is 0 Å². The summed E-state index contributed by atoms with van der Waals surface area (Å²) in [6.45, 7) is 10.7. The first kappa shape index (κ1) is 16.9. The van der Waals surface area contributed by atoms with Gasteiger partial charge in [-0.2, -0.15) is 5.10 Å². The molecule has 0 amide bonds. The van der Waals surface area contributed by atoms with Gasteiger partial charge in [0.05, 0.1) is 18.4 Å². The fraction of sp³-hybridized carbons (Fsp3) is 0.611. The third-order valence-electron chi connectivity index (χ3n) is 4.74. The van der Waals surface area contributed by atoms with Gasteiger partial charge in [-0.25, -0.2) is 4.68 Å². The van der Waals surface area contributed by atoms with Gasteiger partial charge in [0.15, 0.2) is 0 Å². The molecule has 1 atom stereocenters. The highest BCUT2D eigenvalue weighted by molar-refractivity contribution is 5.12. The average Bonchev–Trinajstić information content (AvgIpc) is 3.11. The standard InChI is InChI=1S/C18H26N4O2/c1-13-14(10-19-24-13)11-21-9-5-6-15(21)12-22-17(23)8-7-16(20-22)18(2,3)4/h7-8,10,15H,5-6,9,11-12H2,1-4H3. The molecule has 0 saturated carbocycles. The largest absolute Gasteiger partial charge is 0.361 e. The minimum Gasteiger partial charge on any atom is -0.361 e. The van der Waals surface area contributed by atoms with Gasteiger partial charge in [0.1, 0.15) is 5.76 Å². The number of aromatic nitrogens is 3. The van der Waals surface area contributed by atoms with E-state index in [1.54, 1.807) is 16.9 Å². The average molecular weight is 330 g/mol. The molecule has 1 saturated heterocycles. The molecule has 6 nitrogen and oxygen atoms in total. The molecule has 0 radical (unpaired) electrons. The molecule has 2 aromatic heterocycles. The minimum absolute atomic E-state index is 0.0315. The summed E-state index contributed by atoms with van der Waals surface area (Å²) in [5.41, 5.74) is 1.97. The molecule has 0 bridgehead atoms. The summed E-state index contributed by atoms with van der Waals surface area (Å²) in [6.07, 6.45) is 4.01. The summed E-state index contributed by atoms with van der Waals surface area (Å²) in [5, 5.41) is 8.46. The minimum atomic E-state index is -0.0651. The molecule has 3 rings (SSSR count). The van der Waals surface area contributed by atoms with Crippen LogP contribution in [0.4, 0.5) is 0 Å². The molecule has 0 spiro atoms. The normalized spacial score (nSPS) is 19.1. The molecule has 6 heteroatoms.